The zero-order chi connectivity index (χ0) is 18.6. The van der Waals surface area contributed by atoms with Crippen molar-refractivity contribution in [3.05, 3.63) is 64.7 Å². The number of hydrogen-bond acceptors (Lipinski definition) is 5. The van der Waals surface area contributed by atoms with Crippen molar-refractivity contribution in [3.63, 3.8) is 0 Å². The summed E-state index contributed by atoms with van der Waals surface area (Å²) < 4.78 is 5.58. The molecule has 6 nitrogen and oxygen atoms in total. The third-order valence-electron chi connectivity index (χ3n) is 5.00. The summed E-state index contributed by atoms with van der Waals surface area (Å²) in [6, 6.07) is 11.9. The molecule has 0 atom stereocenters. The van der Waals surface area contributed by atoms with Gasteiger partial charge in [0, 0.05) is 67.3 Å². The number of aromatic amines is 1. The summed E-state index contributed by atoms with van der Waals surface area (Å²) in [7, 11) is 0. The topological polar surface area (TPSA) is 61.5 Å². The maximum absolute atomic E-state index is 12.5. The Morgan fingerprint density at radius 1 is 1.07 bits per heavy atom. The van der Waals surface area contributed by atoms with Crippen LogP contribution in [0.3, 0.4) is 0 Å². The van der Waals surface area contributed by atoms with Crippen LogP contribution in [0.5, 0.6) is 5.75 Å². The number of benzene rings is 1. The molecule has 2 aromatic heterocycles. The first-order chi connectivity index (χ1) is 13.2. The van der Waals surface area contributed by atoms with Crippen molar-refractivity contribution in [1.82, 2.24) is 14.9 Å². The summed E-state index contributed by atoms with van der Waals surface area (Å²) in [5.74, 6) is 0.828. The van der Waals surface area contributed by atoms with Crippen LogP contribution in [0.15, 0.2) is 53.6 Å². The third kappa shape index (κ3) is 3.95. The molecule has 1 fully saturated rings. The minimum atomic E-state index is -0.0109. The van der Waals surface area contributed by atoms with Gasteiger partial charge in [0.15, 0.2) is 0 Å². The lowest BCUT2D eigenvalue weighted by atomic mass is 10.1. The Morgan fingerprint density at radius 2 is 1.85 bits per heavy atom. The number of piperazine rings is 1. The van der Waals surface area contributed by atoms with E-state index >= 15 is 0 Å². The lowest BCUT2D eigenvalue weighted by Gasteiger charge is -2.35. The van der Waals surface area contributed by atoms with E-state index in [9.17, 15) is 4.79 Å². The summed E-state index contributed by atoms with van der Waals surface area (Å²) >= 11 is 0. The van der Waals surface area contributed by atoms with Gasteiger partial charge in [0.2, 0.25) is 0 Å². The van der Waals surface area contributed by atoms with Gasteiger partial charge in [0.25, 0.3) is 5.56 Å². The van der Waals surface area contributed by atoms with Gasteiger partial charge in [-0.25, -0.2) is 0 Å². The average Bonchev–Trinajstić information content (AvgIpc) is 2.70. The number of ether oxygens (including phenoxy) is 1. The fourth-order valence-electron chi connectivity index (χ4n) is 3.56. The Morgan fingerprint density at radius 3 is 2.59 bits per heavy atom. The molecule has 3 aromatic rings. The number of rotatable bonds is 5. The Hall–Kier alpha value is -2.86. The van der Waals surface area contributed by atoms with Crippen LogP contribution in [0, 0.1) is 0 Å². The second-order valence-electron chi connectivity index (χ2n) is 6.77. The number of hydrogen-bond donors (Lipinski definition) is 1. The van der Waals surface area contributed by atoms with E-state index in [4.69, 9.17) is 4.74 Å². The number of pyridine rings is 2. The number of H-pyrrole nitrogens is 1. The number of anilines is 1. The van der Waals surface area contributed by atoms with Gasteiger partial charge in [-0.15, -0.1) is 0 Å². The van der Waals surface area contributed by atoms with Crippen LogP contribution in [-0.4, -0.2) is 47.7 Å². The molecule has 3 heterocycles. The van der Waals surface area contributed by atoms with Crippen LogP contribution >= 0.6 is 0 Å². The highest BCUT2D eigenvalue weighted by atomic mass is 16.5. The van der Waals surface area contributed by atoms with E-state index in [2.05, 4.69) is 19.8 Å². The lowest BCUT2D eigenvalue weighted by molar-refractivity contribution is 0.249. The summed E-state index contributed by atoms with van der Waals surface area (Å²) in [6.07, 6.45) is 3.65. The molecule has 0 bridgehead atoms. The van der Waals surface area contributed by atoms with E-state index in [0.29, 0.717) is 13.2 Å². The molecule has 0 radical (unpaired) electrons. The molecule has 0 unspecified atom stereocenters. The van der Waals surface area contributed by atoms with Crippen molar-refractivity contribution in [2.24, 2.45) is 0 Å². The Labute approximate surface area is 158 Å². The maximum Gasteiger partial charge on any atom is 0.252 e. The molecule has 1 aliphatic heterocycles. The standard InChI is InChI=1S/C21H24N4O2/c1-2-27-19-3-4-20-16(14-19)13-17(21(26)23-20)15-24-9-11-25(12-10-24)18-5-7-22-8-6-18/h3-8,13-14H,2,9-12,15H2,1H3,(H,23,26). The summed E-state index contributed by atoms with van der Waals surface area (Å²) in [4.78, 5) is 24.2. The highest BCUT2D eigenvalue weighted by Crippen LogP contribution is 2.20. The Kier molecular flexibility index (Phi) is 5.07. The predicted molar refractivity (Wildman–Crippen MR) is 107 cm³/mol. The van der Waals surface area contributed by atoms with E-state index in [1.165, 1.54) is 5.69 Å². The first-order valence-corrected chi connectivity index (χ1v) is 9.39. The van der Waals surface area contributed by atoms with Gasteiger partial charge in [-0.1, -0.05) is 0 Å². The average molecular weight is 364 g/mol. The van der Waals surface area contributed by atoms with Crippen LogP contribution in [0.2, 0.25) is 0 Å². The fraction of sp³-hybridized carbons (Fsp3) is 0.333. The predicted octanol–water partition coefficient (Wildman–Crippen LogP) is 2.64. The molecule has 27 heavy (non-hydrogen) atoms. The summed E-state index contributed by atoms with van der Waals surface area (Å²) in [5.41, 5.74) is 2.84. The number of aromatic nitrogens is 2. The van der Waals surface area contributed by atoms with Crippen LogP contribution in [0.4, 0.5) is 5.69 Å². The largest absolute Gasteiger partial charge is 0.494 e. The first-order valence-electron chi connectivity index (χ1n) is 9.39. The van der Waals surface area contributed by atoms with Crippen LogP contribution in [0.1, 0.15) is 12.5 Å². The summed E-state index contributed by atoms with van der Waals surface area (Å²) in [5, 5.41) is 1.01. The fourth-order valence-corrected chi connectivity index (χ4v) is 3.56. The first kappa shape index (κ1) is 17.5. The van der Waals surface area contributed by atoms with Crippen LogP contribution in [-0.2, 0) is 6.54 Å². The number of nitrogens with zero attached hydrogens (tertiary/aromatic N) is 3. The van der Waals surface area contributed by atoms with Gasteiger partial charge in [-0.3, -0.25) is 14.7 Å². The quantitative estimate of drug-likeness (QED) is 0.754. The molecule has 1 saturated heterocycles. The second kappa shape index (κ2) is 7.80. The van der Waals surface area contributed by atoms with Gasteiger partial charge in [0.05, 0.1) is 6.61 Å². The van der Waals surface area contributed by atoms with Gasteiger partial charge < -0.3 is 14.6 Å². The third-order valence-corrected chi connectivity index (χ3v) is 5.00. The van der Waals surface area contributed by atoms with Gasteiger partial charge in [-0.2, -0.15) is 0 Å². The number of nitrogens with one attached hydrogen (secondary N) is 1. The van der Waals surface area contributed by atoms with Crippen molar-refractivity contribution < 1.29 is 4.74 Å². The number of fused-ring (bicyclic) bond motifs is 1. The van der Waals surface area contributed by atoms with Crippen LogP contribution in [0.25, 0.3) is 10.9 Å². The van der Waals surface area contributed by atoms with Crippen molar-refractivity contribution >= 4 is 16.6 Å². The van der Waals surface area contributed by atoms with E-state index in [-0.39, 0.29) is 5.56 Å². The molecule has 0 spiro atoms. The van der Waals surface area contributed by atoms with Crippen molar-refractivity contribution in [3.8, 4) is 5.75 Å². The summed E-state index contributed by atoms with van der Waals surface area (Å²) in [6.45, 7) is 7.01. The van der Waals surface area contributed by atoms with E-state index in [1.54, 1.807) is 0 Å². The van der Waals surface area contributed by atoms with Crippen molar-refractivity contribution in [2.45, 2.75) is 13.5 Å². The molecule has 0 amide bonds. The maximum atomic E-state index is 12.5. The van der Waals surface area contributed by atoms with Gasteiger partial charge in [-0.05, 0) is 43.3 Å². The molecule has 1 aliphatic rings. The SMILES string of the molecule is CCOc1ccc2[nH]c(=O)c(CN3CCN(c4ccncc4)CC3)cc2c1. The highest BCUT2D eigenvalue weighted by Gasteiger charge is 2.18. The molecule has 0 aliphatic carbocycles. The molecule has 140 valence electrons. The van der Waals surface area contributed by atoms with Gasteiger partial charge in [0.1, 0.15) is 5.75 Å². The molecule has 6 heteroatoms. The minimum Gasteiger partial charge on any atom is -0.494 e. The molecular formula is C21H24N4O2. The molecule has 1 aromatic carbocycles. The zero-order valence-electron chi connectivity index (χ0n) is 15.5. The minimum absolute atomic E-state index is 0.0109. The Balaban J connectivity index is 1.47. The van der Waals surface area contributed by atoms with E-state index in [0.717, 1.165) is 48.4 Å². The van der Waals surface area contributed by atoms with E-state index in [1.807, 2.05) is 55.7 Å². The molecular weight excluding hydrogens is 340 g/mol. The highest BCUT2D eigenvalue weighted by molar-refractivity contribution is 5.80. The second-order valence-corrected chi connectivity index (χ2v) is 6.77. The Bertz CT molecular complexity index is 963. The van der Waals surface area contributed by atoms with Crippen molar-refractivity contribution in [1.29, 1.82) is 0 Å². The lowest BCUT2D eigenvalue weighted by Crippen LogP contribution is -2.46. The van der Waals surface area contributed by atoms with Crippen molar-refractivity contribution in [2.75, 3.05) is 37.7 Å². The smallest absolute Gasteiger partial charge is 0.252 e. The molecule has 0 saturated carbocycles. The normalized spacial score (nSPS) is 15.2. The van der Waals surface area contributed by atoms with E-state index < -0.39 is 0 Å². The van der Waals surface area contributed by atoms with Gasteiger partial charge >= 0.3 is 0 Å². The molecule has 4 rings (SSSR count). The monoisotopic (exact) mass is 364 g/mol. The zero-order valence-corrected chi connectivity index (χ0v) is 15.5. The van der Waals surface area contributed by atoms with Crippen LogP contribution < -0.4 is 15.2 Å². The molecule has 1 N–H and O–H groups in total.